The molecule has 1 amide bonds. The van der Waals surface area contributed by atoms with E-state index in [9.17, 15) is 14.0 Å². The number of carbonyl (C=O) groups excluding carboxylic acids is 2. The fourth-order valence-electron chi connectivity index (χ4n) is 2.45. The third kappa shape index (κ3) is 6.20. The third-order valence-electron chi connectivity index (χ3n) is 3.83. The molecule has 0 bridgehead atoms. The molecule has 5 nitrogen and oxygen atoms in total. The second kappa shape index (κ2) is 10.2. The number of aryl methyl sites for hydroxylation is 1. The Balaban J connectivity index is 1.65. The Morgan fingerprint density at radius 3 is 2.42 bits per heavy atom. The van der Waals surface area contributed by atoms with Gasteiger partial charge in [-0.15, -0.1) is 0 Å². The molecule has 6 heteroatoms. The molecule has 0 unspecified atom stereocenters. The maximum atomic E-state index is 13.5. The lowest BCUT2D eigenvalue weighted by atomic mass is 10.1. The summed E-state index contributed by atoms with van der Waals surface area (Å²) in [5.41, 5.74) is 1.43. The van der Waals surface area contributed by atoms with Gasteiger partial charge < -0.3 is 14.8 Å². The molecule has 0 fully saturated rings. The summed E-state index contributed by atoms with van der Waals surface area (Å²) in [6, 6.07) is 13.8. The van der Waals surface area contributed by atoms with Crippen LogP contribution in [-0.4, -0.2) is 32.1 Å². The van der Waals surface area contributed by atoms with E-state index in [2.05, 4.69) is 5.32 Å². The molecule has 2 aromatic carbocycles. The zero-order chi connectivity index (χ0) is 18.8. The zero-order valence-corrected chi connectivity index (χ0v) is 14.7. The van der Waals surface area contributed by atoms with Crippen molar-refractivity contribution in [1.82, 2.24) is 5.32 Å². The van der Waals surface area contributed by atoms with Gasteiger partial charge in [-0.05, 0) is 36.1 Å². The minimum Gasteiger partial charge on any atom is -0.496 e. The Labute approximate surface area is 152 Å². The molecule has 0 spiro atoms. The van der Waals surface area contributed by atoms with Crippen LogP contribution in [0, 0.1) is 5.82 Å². The van der Waals surface area contributed by atoms with Crippen LogP contribution in [-0.2, 0) is 27.2 Å². The van der Waals surface area contributed by atoms with Gasteiger partial charge in [-0.2, -0.15) is 0 Å². The number of rotatable bonds is 9. The molecule has 0 saturated heterocycles. The highest BCUT2D eigenvalue weighted by Crippen LogP contribution is 2.17. The number of amides is 1. The number of nitrogens with one attached hydrogen (secondary N) is 1. The number of carbonyl (C=O) groups is 2. The molecule has 26 heavy (non-hydrogen) atoms. The quantitative estimate of drug-likeness (QED) is 0.699. The molecule has 0 aliphatic rings. The Bertz CT molecular complexity index is 748. The van der Waals surface area contributed by atoms with Gasteiger partial charge in [-0.1, -0.05) is 36.4 Å². The predicted octanol–water partition coefficient (Wildman–Crippen LogP) is 2.67. The summed E-state index contributed by atoms with van der Waals surface area (Å²) in [6.45, 7) is 0.0635. The van der Waals surface area contributed by atoms with Crippen LogP contribution in [0.5, 0.6) is 5.75 Å². The molecule has 0 aliphatic heterocycles. The van der Waals surface area contributed by atoms with E-state index in [4.69, 9.17) is 9.47 Å². The van der Waals surface area contributed by atoms with Gasteiger partial charge in [-0.25, -0.2) is 4.39 Å². The molecule has 0 atom stereocenters. The maximum absolute atomic E-state index is 13.5. The van der Waals surface area contributed by atoms with Crippen LogP contribution in [0.15, 0.2) is 48.5 Å². The van der Waals surface area contributed by atoms with Gasteiger partial charge in [0.1, 0.15) is 11.6 Å². The minimum atomic E-state index is -0.534. The topological polar surface area (TPSA) is 64.6 Å². The molecule has 2 aromatic rings. The number of hydrogen-bond donors (Lipinski definition) is 1. The number of hydrogen-bond acceptors (Lipinski definition) is 4. The Morgan fingerprint density at radius 2 is 1.69 bits per heavy atom. The largest absolute Gasteiger partial charge is 0.496 e. The lowest BCUT2D eigenvalue weighted by Gasteiger charge is -2.09. The monoisotopic (exact) mass is 359 g/mol. The van der Waals surface area contributed by atoms with E-state index in [1.54, 1.807) is 25.3 Å². The second-order valence-electron chi connectivity index (χ2n) is 5.66. The fourth-order valence-corrected chi connectivity index (χ4v) is 2.45. The summed E-state index contributed by atoms with van der Waals surface area (Å²) in [7, 11) is 1.60. The Morgan fingerprint density at radius 1 is 1.00 bits per heavy atom. The number of esters is 1. The zero-order valence-electron chi connectivity index (χ0n) is 14.7. The highest BCUT2D eigenvalue weighted by molar-refractivity contribution is 5.80. The predicted molar refractivity (Wildman–Crippen MR) is 95.4 cm³/mol. The van der Waals surface area contributed by atoms with Gasteiger partial charge in [0.25, 0.3) is 5.91 Å². The van der Waals surface area contributed by atoms with E-state index in [0.717, 1.165) is 11.3 Å². The van der Waals surface area contributed by atoms with E-state index in [1.807, 2.05) is 24.3 Å². The lowest BCUT2D eigenvalue weighted by molar-refractivity contribution is -0.148. The van der Waals surface area contributed by atoms with Crippen LogP contribution in [0.4, 0.5) is 4.39 Å². The van der Waals surface area contributed by atoms with Gasteiger partial charge in [0.05, 0.1) is 7.11 Å². The summed E-state index contributed by atoms with van der Waals surface area (Å²) < 4.78 is 23.6. The first-order chi connectivity index (χ1) is 12.6. The van der Waals surface area contributed by atoms with Crippen molar-refractivity contribution in [3.63, 3.8) is 0 Å². The standard InChI is InChI=1S/C20H22FNO4/c1-25-18-9-5-3-7-16(18)12-13-22-19(23)14-26-20(24)11-10-15-6-2-4-8-17(15)21/h2-9H,10-14H2,1H3,(H,22,23). The van der Waals surface area contributed by atoms with Crippen molar-refractivity contribution in [3.8, 4) is 5.75 Å². The van der Waals surface area contributed by atoms with E-state index in [-0.39, 0.29) is 31.2 Å². The summed E-state index contributed by atoms with van der Waals surface area (Å²) in [6.07, 6.45) is 0.868. The molecule has 138 valence electrons. The first-order valence-corrected chi connectivity index (χ1v) is 8.37. The van der Waals surface area contributed by atoms with Gasteiger partial charge in [0, 0.05) is 13.0 Å². The number of benzene rings is 2. The van der Waals surface area contributed by atoms with Crippen LogP contribution in [0.1, 0.15) is 17.5 Å². The van der Waals surface area contributed by atoms with E-state index in [0.29, 0.717) is 18.5 Å². The smallest absolute Gasteiger partial charge is 0.306 e. The number of methoxy groups -OCH3 is 1. The first-order valence-electron chi connectivity index (χ1n) is 8.37. The van der Waals surface area contributed by atoms with E-state index in [1.165, 1.54) is 6.07 Å². The van der Waals surface area contributed by atoms with Crippen molar-refractivity contribution in [2.24, 2.45) is 0 Å². The van der Waals surface area contributed by atoms with Crippen LogP contribution < -0.4 is 10.1 Å². The fraction of sp³-hybridized carbons (Fsp3) is 0.300. The van der Waals surface area contributed by atoms with Crippen molar-refractivity contribution < 1.29 is 23.5 Å². The van der Waals surface area contributed by atoms with Crippen molar-refractivity contribution in [2.75, 3.05) is 20.3 Å². The Kier molecular flexibility index (Phi) is 7.61. The first kappa shape index (κ1) is 19.4. The molecule has 0 saturated carbocycles. The average Bonchev–Trinajstić information content (AvgIpc) is 2.66. The van der Waals surface area contributed by atoms with Crippen LogP contribution >= 0.6 is 0 Å². The third-order valence-corrected chi connectivity index (χ3v) is 3.83. The molecular weight excluding hydrogens is 337 g/mol. The summed E-state index contributed by atoms with van der Waals surface area (Å²) in [4.78, 5) is 23.4. The lowest BCUT2D eigenvalue weighted by Crippen LogP contribution is -2.30. The van der Waals surface area contributed by atoms with E-state index >= 15 is 0 Å². The molecule has 1 N–H and O–H groups in total. The minimum absolute atomic E-state index is 0.0232. The molecule has 0 heterocycles. The average molecular weight is 359 g/mol. The summed E-state index contributed by atoms with van der Waals surface area (Å²) >= 11 is 0. The highest BCUT2D eigenvalue weighted by atomic mass is 19.1. The van der Waals surface area contributed by atoms with E-state index < -0.39 is 5.97 Å². The molecular formula is C20H22FNO4. The number of ether oxygens (including phenoxy) is 2. The van der Waals surface area contributed by atoms with Crippen LogP contribution in [0.3, 0.4) is 0 Å². The van der Waals surface area contributed by atoms with Gasteiger partial charge in [0.2, 0.25) is 0 Å². The van der Waals surface area contributed by atoms with Crippen LogP contribution in [0.25, 0.3) is 0 Å². The molecule has 2 rings (SSSR count). The SMILES string of the molecule is COc1ccccc1CCNC(=O)COC(=O)CCc1ccccc1F. The molecule has 0 aromatic heterocycles. The number of para-hydroxylation sites is 1. The van der Waals surface area contributed by atoms with Gasteiger partial charge in [-0.3, -0.25) is 9.59 Å². The summed E-state index contributed by atoms with van der Waals surface area (Å²) in [5, 5.41) is 2.69. The van der Waals surface area contributed by atoms with Gasteiger partial charge >= 0.3 is 5.97 Å². The maximum Gasteiger partial charge on any atom is 0.306 e. The van der Waals surface area contributed by atoms with Crippen molar-refractivity contribution in [2.45, 2.75) is 19.3 Å². The van der Waals surface area contributed by atoms with Crippen LogP contribution in [0.2, 0.25) is 0 Å². The van der Waals surface area contributed by atoms with Crippen molar-refractivity contribution in [3.05, 3.63) is 65.5 Å². The van der Waals surface area contributed by atoms with Gasteiger partial charge in [0.15, 0.2) is 6.61 Å². The normalized spacial score (nSPS) is 10.2. The Hall–Kier alpha value is -2.89. The van der Waals surface area contributed by atoms with Crippen molar-refractivity contribution in [1.29, 1.82) is 0 Å². The molecule has 0 radical (unpaired) electrons. The highest BCUT2D eigenvalue weighted by Gasteiger charge is 2.10. The second-order valence-corrected chi connectivity index (χ2v) is 5.66. The van der Waals surface area contributed by atoms with Crippen molar-refractivity contribution >= 4 is 11.9 Å². The summed E-state index contributed by atoms with van der Waals surface area (Å²) in [5.74, 6) is -0.497. The number of halogens is 1. The molecule has 0 aliphatic carbocycles.